The maximum Gasteiger partial charge on any atom is 0.137 e. The Bertz CT molecular complexity index is 424. The first-order valence-electron chi connectivity index (χ1n) is 7.02. The van der Waals surface area contributed by atoms with Gasteiger partial charge >= 0.3 is 0 Å². The summed E-state index contributed by atoms with van der Waals surface area (Å²) in [6.45, 7) is 3.97. The van der Waals surface area contributed by atoms with Crippen LogP contribution in [0, 0.1) is 0 Å². The summed E-state index contributed by atoms with van der Waals surface area (Å²) in [7, 11) is 1.65. The van der Waals surface area contributed by atoms with Gasteiger partial charge in [-0.25, -0.2) is 0 Å². The van der Waals surface area contributed by atoms with E-state index >= 15 is 0 Å². The number of hydrogen-bond donors (Lipinski definition) is 1. The molecule has 2 rings (SSSR count). The number of nitrogens with one attached hydrogen (secondary N) is 1. The summed E-state index contributed by atoms with van der Waals surface area (Å²) in [5, 5.41) is 4.23. The highest BCUT2D eigenvalue weighted by Gasteiger charge is 2.26. The van der Waals surface area contributed by atoms with E-state index in [4.69, 9.17) is 21.1 Å². The molecule has 0 bridgehead atoms. The number of hydrogen-bond acceptors (Lipinski definition) is 4. The predicted molar refractivity (Wildman–Crippen MR) is 86.1 cm³/mol. The molecular formula is C15H22ClNO2S. The van der Waals surface area contributed by atoms with Gasteiger partial charge < -0.3 is 14.8 Å². The van der Waals surface area contributed by atoms with Gasteiger partial charge in [0.1, 0.15) is 5.75 Å². The fourth-order valence-electron chi connectivity index (χ4n) is 2.33. The summed E-state index contributed by atoms with van der Waals surface area (Å²) in [4.78, 5) is 0. The first kappa shape index (κ1) is 16.0. The Labute approximate surface area is 130 Å². The van der Waals surface area contributed by atoms with Gasteiger partial charge in [-0.05, 0) is 30.7 Å². The quantitative estimate of drug-likeness (QED) is 0.870. The van der Waals surface area contributed by atoms with Crippen molar-refractivity contribution in [3.8, 4) is 5.75 Å². The van der Waals surface area contributed by atoms with Crippen LogP contribution in [0.2, 0.25) is 5.02 Å². The molecule has 112 valence electrons. The molecule has 2 unspecified atom stereocenters. The fourth-order valence-corrected chi connectivity index (χ4v) is 3.43. The topological polar surface area (TPSA) is 30.5 Å². The molecule has 0 aliphatic carbocycles. The molecule has 0 saturated carbocycles. The molecule has 1 heterocycles. The van der Waals surface area contributed by atoms with E-state index in [1.54, 1.807) is 7.11 Å². The van der Waals surface area contributed by atoms with E-state index in [0.717, 1.165) is 36.8 Å². The summed E-state index contributed by atoms with van der Waals surface area (Å²) in [6, 6.07) is 6.15. The summed E-state index contributed by atoms with van der Waals surface area (Å²) in [5.74, 6) is 2.82. The number of rotatable bonds is 6. The normalized spacial score (nSPS) is 20.6. The number of benzene rings is 1. The Morgan fingerprint density at radius 2 is 2.40 bits per heavy atom. The molecule has 1 aliphatic rings. The van der Waals surface area contributed by atoms with E-state index in [9.17, 15) is 0 Å². The van der Waals surface area contributed by atoms with E-state index in [-0.39, 0.29) is 12.1 Å². The Hall–Kier alpha value is -0.420. The highest BCUT2D eigenvalue weighted by Crippen LogP contribution is 2.31. The number of methoxy groups -OCH3 is 1. The second-order valence-electron chi connectivity index (χ2n) is 4.81. The third kappa shape index (κ3) is 4.04. The lowest BCUT2D eigenvalue weighted by atomic mass is 10.0. The van der Waals surface area contributed by atoms with Gasteiger partial charge in [0.15, 0.2) is 0 Å². The molecule has 1 aromatic carbocycles. The summed E-state index contributed by atoms with van der Waals surface area (Å²) in [5.41, 5.74) is 1.17. The summed E-state index contributed by atoms with van der Waals surface area (Å²) < 4.78 is 11.3. The van der Waals surface area contributed by atoms with Crippen molar-refractivity contribution in [2.45, 2.75) is 25.5 Å². The minimum atomic E-state index is 0.189. The van der Waals surface area contributed by atoms with Gasteiger partial charge in [0.25, 0.3) is 0 Å². The van der Waals surface area contributed by atoms with E-state index in [0.29, 0.717) is 5.02 Å². The lowest BCUT2D eigenvalue weighted by Gasteiger charge is -2.31. The van der Waals surface area contributed by atoms with E-state index in [1.165, 1.54) is 5.56 Å². The Morgan fingerprint density at radius 3 is 3.05 bits per heavy atom. The third-order valence-corrected chi connectivity index (χ3v) is 4.69. The minimum Gasteiger partial charge on any atom is -0.495 e. The first-order chi connectivity index (χ1) is 9.76. The van der Waals surface area contributed by atoms with E-state index in [1.807, 2.05) is 23.9 Å². The maximum atomic E-state index is 6.11. The molecule has 0 amide bonds. The van der Waals surface area contributed by atoms with Gasteiger partial charge in [-0.2, -0.15) is 11.8 Å². The molecule has 20 heavy (non-hydrogen) atoms. The molecule has 1 saturated heterocycles. The fraction of sp³-hybridized carbons (Fsp3) is 0.600. The zero-order chi connectivity index (χ0) is 14.4. The zero-order valence-corrected chi connectivity index (χ0v) is 13.6. The molecule has 0 radical (unpaired) electrons. The maximum absolute atomic E-state index is 6.11. The number of ether oxygens (including phenoxy) is 2. The first-order valence-corrected chi connectivity index (χ1v) is 8.55. The van der Waals surface area contributed by atoms with Crippen LogP contribution in [0.25, 0.3) is 0 Å². The highest BCUT2D eigenvalue weighted by atomic mass is 35.5. The zero-order valence-electron chi connectivity index (χ0n) is 12.0. The molecular weight excluding hydrogens is 294 g/mol. The molecule has 5 heteroatoms. The average Bonchev–Trinajstić information content (AvgIpc) is 2.50. The Balaban J connectivity index is 2.20. The van der Waals surface area contributed by atoms with Crippen LogP contribution < -0.4 is 10.1 Å². The Morgan fingerprint density at radius 1 is 1.55 bits per heavy atom. The third-order valence-electron chi connectivity index (χ3n) is 3.36. The molecule has 3 nitrogen and oxygen atoms in total. The average molecular weight is 316 g/mol. The van der Waals surface area contributed by atoms with Gasteiger partial charge in [0, 0.05) is 11.5 Å². The van der Waals surface area contributed by atoms with Crippen molar-refractivity contribution >= 4 is 23.4 Å². The smallest absolute Gasteiger partial charge is 0.137 e. The van der Waals surface area contributed by atoms with Crippen molar-refractivity contribution in [1.82, 2.24) is 5.32 Å². The van der Waals surface area contributed by atoms with Gasteiger partial charge in [-0.1, -0.05) is 24.6 Å². The molecule has 2 atom stereocenters. The van der Waals surface area contributed by atoms with Crippen LogP contribution in [0.3, 0.4) is 0 Å². The highest BCUT2D eigenvalue weighted by molar-refractivity contribution is 7.99. The van der Waals surface area contributed by atoms with E-state index in [2.05, 4.69) is 18.3 Å². The standard InChI is InChI=1S/C15H22ClNO2S/c1-3-6-17-15(14-10-20-8-7-19-14)11-4-5-12(16)13(9-11)18-2/h4-5,9,14-15,17H,3,6-8,10H2,1-2H3. The van der Waals surface area contributed by atoms with Crippen molar-refractivity contribution in [1.29, 1.82) is 0 Å². The van der Waals surface area contributed by atoms with Crippen molar-refractivity contribution in [2.75, 3.05) is 31.8 Å². The number of thioether (sulfide) groups is 1. The van der Waals surface area contributed by atoms with Gasteiger partial charge in [-0.15, -0.1) is 0 Å². The van der Waals surface area contributed by atoms with Crippen LogP contribution in [0.1, 0.15) is 24.9 Å². The predicted octanol–water partition coefficient (Wildman–Crippen LogP) is 3.52. The van der Waals surface area contributed by atoms with Gasteiger partial charge in [-0.3, -0.25) is 0 Å². The number of halogens is 1. The second-order valence-corrected chi connectivity index (χ2v) is 6.37. The Kier molecular flexibility index (Phi) is 6.49. The van der Waals surface area contributed by atoms with Crippen LogP contribution in [-0.2, 0) is 4.74 Å². The summed E-state index contributed by atoms with van der Waals surface area (Å²) in [6.07, 6.45) is 1.30. The molecule has 1 aliphatic heterocycles. The van der Waals surface area contributed by atoms with Crippen molar-refractivity contribution < 1.29 is 9.47 Å². The lowest BCUT2D eigenvalue weighted by Crippen LogP contribution is -2.38. The molecule has 0 aromatic heterocycles. The molecule has 1 fully saturated rings. The van der Waals surface area contributed by atoms with E-state index < -0.39 is 0 Å². The largest absolute Gasteiger partial charge is 0.495 e. The van der Waals surface area contributed by atoms with Gasteiger partial charge in [0.05, 0.1) is 30.9 Å². The molecule has 1 N–H and O–H groups in total. The van der Waals surface area contributed by atoms with Crippen molar-refractivity contribution in [3.05, 3.63) is 28.8 Å². The molecule has 0 spiro atoms. The minimum absolute atomic E-state index is 0.189. The van der Waals surface area contributed by atoms with Crippen LogP contribution in [0.4, 0.5) is 0 Å². The van der Waals surface area contributed by atoms with Gasteiger partial charge in [0.2, 0.25) is 0 Å². The van der Waals surface area contributed by atoms with Crippen LogP contribution in [0.15, 0.2) is 18.2 Å². The SMILES string of the molecule is CCCNC(c1ccc(Cl)c(OC)c1)C1CSCCO1. The van der Waals surface area contributed by atoms with Crippen LogP contribution >= 0.6 is 23.4 Å². The van der Waals surface area contributed by atoms with Crippen molar-refractivity contribution in [3.63, 3.8) is 0 Å². The van der Waals surface area contributed by atoms with Crippen LogP contribution in [-0.4, -0.2) is 37.9 Å². The monoisotopic (exact) mass is 315 g/mol. The second kappa shape index (κ2) is 8.13. The summed E-state index contributed by atoms with van der Waals surface area (Å²) >= 11 is 8.06. The van der Waals surface area contributed by atoms with Crippen LogP contribution in [0.5, 0.6) is 5.75 Å². The lowest BCUT2D eigenvalue weighted by molar-refractivity contribution is 0.0467. The van der Waals surface area contributed by atoms with Crippen molar-refractivity contribution in [2.24, 2.45) is 0 Å². The molecule has 1 aromatic rings.